The lowest BCUT2D eigenvalue weighted by atomic mass is 9.44. The normalized spacial score (nSPS) is 37.9. The van der Waals surface area contributed by atoms with Crippen molar-refractivity contribution in [3.63, 3.8) is 0 Å². The lowest BCUT2D eigenvalue weighted by Crippen LogP contribution is -2.63. The van der Waals surface area contributed by atoms with Crippen LogP contribution in [0.3, 0.4) is 0 Å². The Labute approximate surface area is 282 Å². The lowest BCUT2D eigenvalue weighted by molar-refractivity contribution is -0.205. The number of likely N-dealkylation sites (N-methyl/N-ethyl adjacent to an activating group) is 1. The molecule has 11 heteroatoms. The van der Waals surface area contributed by atoms with E-state index in [-0.39, 0.29) is 46.7 Å². The molecule has 4 aliphatic rings. The van der Waals surface area contributed by atoms with Gasteiger partial charge in [-0.05, 0) is 57.0 Å². The Hall–Kier alpha value is -1.82. The molecule has 0 radical (unpaired) electrons. The number of ether oxygens (including phenoxy) is 1. The van der Waals surface area contributed by atoms with Crippen LogP contribution in [-0.4, -0.2) is 96.7 Å². The molecule has 1 aliphatic heterocycles. The molecule has 1 aromatic rings. The van der Waals surface area contributed by atoms with Crippen molar-refractivity contribution in [3.8, 4) is 0 Å². The Kier molecular flexibility index (Phi) is 10.5. The van der Waals surface area contributed by atoms with E-state index in [1.165, 1.54) is 11.8 Å². The molecule has 3 aliphatic carbocycles. The maximum Gasteiger partial charge on any atom is 0.316 e. The zero-order valence-electron chi connectivity index (χ0n) is 28.4. The predicted molar refractivity (Wildman–Crippen MR) is 189 cm³/mol. The number of carbonyl (C=O) groups excluding carboxylic acids is 2. The number of aliphatic hydroxyl groups is 1. The number of thioether (sulfide) groups is 2. The van der Waals surface area contributed by atoms with Crippen molar-refractivity contribution in [2.75, 3.05) is 67.0 Å². The highest BCUT2D eigenvalue weighted by Crippen LogP contribution is 2.68. The Morgan fingerprint density at radius 1 is 1.22 bits per heavy atom. The first kappa shape index (κ1) is 35.5. The number of carbonyl (C=O) groups is 2. The second kappa shape index (κ2) is 13.6. The molecule has 9 atom stereocenters. The molecule has 256 valence electrons. The van der Waals surface area contributed by atoms with Crippen LogP contribution in [-0.2, 0) is 14.3 Å². The van der Waals surface area contributed by atoms with Gasteiger partial charge in [0.1, 0.15) is 23.3 Å². The summed E-state index contributed by atoms with van der Waals surface area (Å²) in [7, 11) is 3.92. The quantitative estimate of drug-likeness (QED) is 0.203. The molecule has 2 bridgehead atoms. The summed E-state index contributed by atoms with van der Waals surface area (Å²) >= 11 is 3.30. The largest absolute Gasteiger partial charge is 0.461 e. The number of ketones is 1. The third kappa shape index (κ3) is 6.00. The summed E-state index contributed by atoms with van der Waals surface area (Å²) in [5.74, 6) is 2.20. The molecule has 3 saturated carbocycles. The molecule has 0 aromatic heterocycles. The van der Waals surface area contributed by atoms with E-state index >= 15 is 0 Å². The Bertz CT molecular complexity index is 1390. The summed E-state index contributed by atoms with van der Waals surface area (Å²) < 4.78 is 6.42. The summed E-state index contributed by atoms with van der Waals surface area (Å²) in [5.41, 5.74) is -1.52. The lowest BCUT2D eigenvalue weighted by Gasteiger charge is -2.61. The number of aliphatic hydroxyl groups excluding tert-OH is 1. The number of hydrogen-bond acceptors (Lipinski definition) is 11. The molecule has 1 unspecified atom stereocenters. The van der Waals surface area contributed by atoms with Gasteiger partial charge in [-0.15, -0.1) is 18.3 Å². The minimum Gasteiger partial charge on any atom is -0.461 e. The molecular weight excluding hydrogens is 623 g/mol. The number of anilines is 2. The zero-order chi connectivity index (χ0) is 33.6. The highest BCUT2D eigenvalue weighted by Gasteiger charge is 2.68. The van der Waals surface area contributed by atoms with Crippen molar-refractivity contribution in [2.45, 2.75) is 78.0 Å². The van der Waals surface area contributed by atoms with E-state index in [4.69, 9.17) is 4.74 Å². The molecule has 1 aromatic carbocycles. The van der Waals surface area contributed by atoms with E-state index in [9.17, 15) is 24.3 Å². The first-order valence-corrected chi connectivity index (χ1v) is 19.2. The third-order valence-electron chi connectivity index (χ3n) is 12.4. The standard InChI is InChI=1S/C35H53N3O6S2/c1-8-33(4)17-25(34(5)21(2)9-11-35(22(3)32(33)43)12-10-24(39)31(34)35)44-26(40)20-46-19-23-18-45-16-15-38(23)28-27(29(41)30(28)42)36-13-14-37(6)7/h8,21-23,25,31-32,36,43H,1,9-20H2,2-7H3/t21-,22+,23?,25-,31+,32+,33-,34+,35+/m1/s1. The van der Waals surface area contributed by atoms with Crippen LogP contribution in [0.1, 0.15) is 59.8 Å². The monoisotopic (exact) mass is 675 g/mol. The Morgan fingerprint density at radius 3 is 2.65 bits per heavy atom. The fourth-order valence-electron chi connectivity index (χ4n) is 9.28. The third-order valence-corrected chi connectivity index (χ3v) is 14.5. The fraction of sp³-hybridized carbons (Fsp3) is 0.771. The van der Waals surface area contributed by atoms with Crippen molar-refractivity contribution in [1.29, 1.82) is 0 Å². The van der Waals surface area contributed by atoms with Crippen LogP contribution in [0.5, 0.6) is 0 Å². The van der Waals surface area contributed by atoms with Crippen LogP contribution in [0, 0.1) is 34.0 Å². The molecule has 46 heavy (non-hydrogen) atoms. The summed E-state index contributed by atoms with van der Waals surface area (Å²) in [4.78, 5) is 56.5. The van der Waals surface area contributed by atoms with Crippen LogP contribution in [0.2, 0.25) is 0 Å². The second-order valence-corrected chi connectivity index (χ2v) is 17.3. The van der Waals surface area contributed by atoms with E-state index in [1.54, 1.807) is 0 Å². The summed E-state index contributed by atoms with van der Waals surface area (Å²) in [6.07, 6.45) is 4.13. The minimum absolute atomic E-state index is 0.00365. The first-order valence-electron chi connectivity index (χ1n) is 16.9. The van der Waals surface area contributed by atoms with Crippen LogP contribution in [0.15, 0.2) is 22.2 Å². The van der Waals surface area contributed by atoms with Gasteiger partial charge in [0.2, 0.25) is 0 Å². The average molecular weight is 676 g/mol. The Balaban J connectivity index is 1.30. The van der Waals surface area contributed by atoms with Gasteiger partial charge in [0.15, 0.2) is 0 Å². The van der Waals surface area contributed by atoms with Crippen molar-refractivity contribution in [1.82, 2.24) is 4.90 Å². The van der Waals surface area contributed by atoms with Crippen LogP contribution in [0.25, 0.3) is 0 Å². The van der Waals surface area contributed by atoms with E-state index in [2.05, 4.69) is 37.6 Å². The topological polar surface area (TPSA) is 116 Å². The zero-order valence-corrected chi connectivity index (χ0v) is 30.1. The molecule has 1 saturated heterocycles. The minimum atomic E-state index is -0.695. The van der Waals surface area contributed by atoms with Crippen LogP contribution < -0.4 is 21.1 Å². The molecule has 0 amide bonds. The van der Waals surface area contributed by atoms with E-state index in [0.717, 1.165) is 37.3 Å². The molecule has 4 fully saturated rings. The maximum absolute atomic E-state index is 13.7. The molecule has 0 spiro atoms. The molecule has 1 heterocycles. The number of nitrogens with one attached hydrogen (secondary N) is 1. The van der Waals surface area contributed by atoms with Gasteiger partial charge >= 0.3 is 5.97 Å². The van der Waals surface area contributed by atoms with Gasteiger partial charge in [-0.1, -0.05) is 33.8 Å². The average Bonchev–Trinajstić information content (AvgIpc) is 3.38. The fourth-order valence-corrected chi connectivity index (χ4v) is 11.4. The molecular formula is C35H53N3O6S2. The van der Waals surface area contributed by atoms with Gasteiger partial charge in [0, 0.05) is 66.1 Å². The number of Topliss-reactive ketones (excluding diaryl/α,β-unsaturated/α-hetero) is 1. The van der Waals surface area contributed by atoms with Gasteiger partial charge in [-0.3, -0.25) is 19.2 Å². The smallest absolute Gasteiger partial charge is 0.316 e. The highest BCUT2D eigenvalue weighted by atomic mass is 32.2. The number of hydrogen-bond donors (Lipinski definition) is 2. The van der Waals surface area contributed by atoms with Gasteiger partial charge in [-0.25, -0.2) is 0 Å². The predicted octanol–water partition coefficient (Wildman–Crippen LogP) is 3.82. The summed E-state index contributed by atoms with van der Waals surface area (Å²) in [6, 6.07) is 0.00365. The van der Waals surface area contributed by atoms with Crippen molar-refractivity contribution >= 4 is 46.7 Å². The summed E-state index contributed by atoms with van der Waals surface area (Å²) in [5, 5.41) is 14.9. The Morgan fingerprint density at radius 2 is 1.96 bits per heavy atom. The van der Waals surface area contributed by atoms with Crippen molar-refractivity contribution in [3.05, 3.63) is 33.1 Å². The number of rotatable bonds is 11. The molecule has 2 N–H and O–H groups in total. The second-order valence-electron chi connectivity index (χ2n) is 15.1. The van der Waals surface area contributed by atoms with Crippen LogP contribution in [0.4, 0.5) is 11.4 Å². The number of esters is 1. The van der Waals surface area contributed by atoms with Gasteiger partial charge < -0.3 is 25.0 Å². The van der Waals surface area contributed by atoms with Gasteiger partial charge in [0.05, 0.1) is 11.9 Å². The van der Waals surface area contributed by atoms with Crippen molar-refractivity contribution < 1.29 is 19.4 Å². The highest BCUT2D eigenvalue weighted by molar-refractivity contribution is 8.00. The van der Waals surface area contributed by atoms with Crippen LogP contribution >= 0.6 is 23.5 Å². The van der Waals surface area contributed by atoms with E-state index in [0.29, 0.717) is 43.1 Å². The first-order chi connectivity index (χ1) is 21.7. The van der Waals surface area contributed by atoms with Gasteiger partial charge in [0.25, 0.3) is 10.9 Å². The molecule has 5 rings (SSSR count). The van der Waals surface area contributed by atoms with Crippen molar-refractivity contribution in [2.24, 2.45) is 34.0 Å². The molecule has 9 nitrogen and oxygen atoms in total. The van der Waals surface area contributed by atoms with E-state index in [1.807, 2.05) is 43.8 Å². The number of nitrogens with zero attached hydrogens (tertiary/aromatic N) is 2. The van der Waals surface area contributed by atoms with E-state index < -0.39 is 33.9 Å². The summed E-state index contributed by atoms with van der Waals surface area (Å²) in [6.45, 7) is 14.6. The maximum atomic E-state index is 13.7. The SMILES string of the molecule is C=C[C@]1(C)C[C@@H](OC(=O)CSCC2CSCCN2c2c(NCCN(C)C)c(=O)c2=O)[C@]2(C)[C@H](C)CC[C@]3(CCC(=O)[C@H]32)[C@@H](C)[C@@H]1O. The van der Waals surface area contributed by atoms with Gasteiger partial charge in [-0.2, -0.15) is 11.8 Å².